The molecule has 0 aliphatic carbocycles. The van der Waals surface area contributed by atoms with Gasteiger partial charge in [-0.05, 0) is 70.4 Å². The Bertz CT molecular complexity index is 1500. The van der Waals surface area contributed by atoms with Gasteiger partial charge >= 0.3 is 0 Å². The smallest absolute Gasteiger partial charge is 0.282 e. The molecular weight excluding hydrogens is 593 g/mol. The van der Waals surface area contributed by atoms with Crippen LogP contribution in [-0.4, -0.2) is 23.0 Å². The summed E-state index contributed by atoms with van der Waals surface area (Å²) in [6.45, 7) is 4.24. The molecule has 0 bridgehead atoms. The number of hydrogen-bond acceptors (Lipinski definition) is 5. The minimum absolute atomic E-state index is 0.0273. The standard InChI is InChI=1S/C27H24Br2FN3O3/c1-4-16(2)26-32-23-9-8-19(28)12-21(23)27(34)33(26)31-14-18-11-24(35-3)25(13-22(18)29)36-15-17-6-5-7-20(30)10-17/h5-14,16H,4,15H2,1-3H3/t16-/m1/s1. The fourth-order valence-corrected chi connectivity index (χ4v) is 4.39. The first-order valence-electron chi connectivity index (χ1n) is 11.3. The van der Waals surface area contributed by atoms with Crippen LogP contribution in [0.4, 0.5) is 4.39 Å². The van der Waals surface area contributed by atoms with E-state index in [2.05, 4.69) is 37.0 Å². The van der Waals surface area contributed by atoms with Crippen LogP contribution in [-0.2, 0) is 6.61 Å². The summed E-state index contributed by atoms with van der Waals surface area (Å²) in [6.07, 6.45) is 2.39. The van der Waals surface area contributed by atoms with E-state index < -0.39 is 0 Å². The van der Waals surface area contributed by atoms with Crippen molar-refractivity contribution in [3.63, 3.8) is 0 Å². The first kappa shape index (κ1) is 26.0. The maximum Gasteiger partial charge on any atom is 0.282 e. The number of benzene rings is 3. The van der Waals surface area contributed by atoms with Gasteiger partial charge in [0.15, 0.2) is 11.5 Å². The van der Waals surface area contributed by atoms with Crippen molar-refractivity contribution in [3.05, 3.63) is 96.7 Å². The highest BCUT2D eigenvalue weighted by atomic mass is 79.9. The predicted molar refractivity (Wildman–Crippen MR) is 147 cm³/mol. The molecule has 0 unspecified atom stereocenters. The van der Waals surface area contributed by atoms with E-state index in [-0.39, 0.29) is 23.9 Å². The van der Waals surface area contributed by atoms with E-state index in [0.29, 0.717) is 43.8 Å². The quantitative estimate of drug-likeness (QED) is 0.199. The van der Waals surface area contributed by atoms with Gasteiger partial charge in [0.1, 0.15) is 18.2 Å². The second-order valence-corrected chi connectivity index (χ2v) is 10.0. The van der Waals surface area contributed by atoms with Gasteiger partial charge in [-0.15, -0.1) is 0 Å². The van der Waals surface area contributed by atoms with Crippen molar-refractivity contribution in [3.8, 4) is 11.5 Å². The SMILES string of the molecule is CC[C@@H](C)c1nc2ccc(Br)cc2c(=O)n1N=Cc1cc(OC)c(OCc2cccc(F)c2)cc1Br. The first-order valence-corrected chi connectivity index (χ1v) is 12.9. The van der Waals surface area contributed by atoms with Crippen molar-refractivity contribution in [2.75, 3.05) is 7.11 Å². The van der Waals surface area contributed by atoms with Crippen LogP contribution in [0.1, 0.15) is 43.1 Å². The number of halogens is 3. The Balaban J connectivity index is 1.70. The van der Waals surface area contributed by atoms with Gasteiger partial charge < -0.3 is 9.47 Å². The molecule has 186 valence electrons. The molecule has 0 fully saturated rings. The molecule has 1 heterocycles. The summed E-state index contributed by atoms with van der Waals surface area (Å²) in [5.74, 6) is 1.26. The summed E-state index contributed by atoms with van der Waals surface area (Å²) in [5, 5.41) is 5.01. The van der Waals surface area contributed by atoms with E-state index in [1.54, 1.807) is 36.5 Å². The summed E-state index contributed by atoms with van der Waals surface area (Å²) in [4.78, 5) is 18.1. The van der Waals surface area contributed by atoms with Crippen LogP contribution < -0.4 is 15.0 Å². The Labute approximate surface area is 225 Å². The van der Waals surface area contributed by atoms with Crippen LogP contribution in [0.5, 0.6) is 11.5 Å². The van der Waals surface area contributed by atoms with Crippen LogP contribution in [0.15, 0.2) is 73.4 Å². The zero-order valence-electron chi connectivity index (χ0n) is 20.0. The molecule has 9 heteroatoms. The number of ether oxygens (including phenoxy) is 2. The molecule has 0 aliphatic rings. The number of nitrogens with zero attached hydrogens (tertiary/aromatic N) is 3. The zero-order chi connectivity index (χ0) is 25.8. The highest BCUT2D eigenvalue weighted by Gasteiger charge is 2.16. The maximum absolute atomic E-state index is 13.5. The van der Waals surface area contributed by atoms with Gasteiger partial charge in [-0.25, -0.2) is 9.37 Å². The monoisotopic (exact) mass is 615 g/mol. The van der Waals surface area contributed by atoms with Gasteiger partial charge in [0.05, 0.1) is 24.2 Å². The molecule has 4 rings (SSSR count). The van der Waals surface area contributed by atoms with Gasteiger partial charge in [0, 0.05) is 20.4 Å². The second-order valence-electron chi connectivity index (χ2n) is 8.25. The Kier molecular flexibility index (Phi) is 8.21. The summed E-state index contributed by atoms with van der Waals surface area (Å²) < 4.78 is 27.7. The predicted octanol–water partition coefficient (Wildman–Crippen LogP) is 7.04. The summed E-state index contributed by atoms with van der Waals surface area (Å²) in [7, 11) is 1.54. The molecule has 0 aliphatic heterocycles. The van der Waals surface area contributed by atoms with Crippen LogP contribution >= 0.6 is 31.9 Å². The Morgan fingerprint density at radius 3 is 2.67 bits per heavy atom. The minimum atomic E-state index is -0.321. The molecule has 1 atom stereocenters. The summed E-state index contributed by atoms with van der Waals surface area (Å²) >= 11 is 6.98. The second kappa shape index (κ2) is 11.3. The third-order valence-corrected chi connectivity index (χ3v) is 6.95. The topological polar surface area (TPSA) is 65.7 Å². The Morgan fingerprint density at radius 2 is 1.94 bits per heavy atom. The molecule has 0 spiro atoms. The van der Waals surface area contributed by atoms with Gasteiger partial charge in [-0.3, -0.25) is 4.79 Å². The summed E-state index contributed by atoms with van der Waals surface area (Å²) in [6, 6.07) is 15.2. The molecule has 1 aromatic heterocycles. The van der Waals surface area contributed by atoms with Gasteiger partial charge in [0.25, 0.3) is 5.56 Å². The highest BCUT2D eigenvalue weighted by Crippen LogP contribution is 2.33. The first-order chi connectivity index (χ1) is 17.3. The van der Waals surface area contributed by atoms with E-state index >= 15 is 0 Å². The third-order valence-electron chi connectivity index (χ3n) is 5.77. The van der Waals surface area contributed by atoms with Crippen molar-refractivity contribution in [1.29, 1.82) is 0 Å². The zero-order valence-corrected chi connectivity index (χ0v) is 23.1. The largest absolute Gasteiger partial charge is 0.493 e. The average molecular weight is 617 g/mol. The van der Waals surface area contributed by atoms with Crippen LogP contribution in [0.3, 0.4) is 0 Å². The molecule has 0 saturated carbocycles. The Morgan fingerprint density at radius 1 is 1.14 bits per heavy atom. The average Bonchev–Trinajstić information content (AvgIpc) is 2.87. The molecule has 0 radical (unpaired) electrons. The molecule has 0 saturated heterocycles. The lowest BCUT2D eigenvalue weighted by Crippen LogP contribution is -2.23. The van der Waals surface area contributed by atoms with Crippen LogP contribution in [0.25, 0.3) is 10.9 Å². The number of rotatable bonds is 8. The fourth-order valence-electron chi connectivity index (χ4n) is 3.61. The van der Waals surface area contributed by atoms with Crippen LogP contribution in [0.2, 0.25) is 0 Å². The van der Waals surface area contributed by atoms with Crippen molar-refractivity contribution in [2.24, 2.45) is 5.10 Å². The minimum Gasteiger partial charge on any atom is -0.493 e. The Hall–Kier alpha value is -3.04. The fraction of sp³-hybridized carbons (Fsp3) is 0.222. The lowest BCUT2D eigenvalue weighted by atomic mass is 10.1. The number of aromatic nitrogens is 2. The van der Waals surface area contributed by atoms with Crippen molar-refractivity contribution < 1.29 is 13.9 Å². The molecule has 3 aromatic carbocycles. The molecule has 36 heavy (non-hydrogen) atoms. The molecule has 6 nitrogen and oxygen atoms in total. The molecule has 4 aromatic rings. The van der Waals surface area contributed by atoms with Crippen molar-refractivity contribution in [1.82, 2.24) is 9.66 Å². The van der Waals surface area contributed by atoms with Gasteiger partial charge in [0.2, 0.25) is 0 Å². The van der Waals surface area contributed by atoms with Crippen molar-refractivity contribution >= 4 is 49.0 Å². The van der Waals surface area contributed by atoms with Gasteiger partial charge in [-0.2, -0.15) is 9.78 Å². The van der Waals surface area contributed by atoms with E-state index in [1.807, 2.05) is 26.0 Å². The van der Waals surface area contributed by atoms with E-state index in [9.17, 15) is 9.18 Å². The maximum atomic E-state index is 13.5. The molecular formula is C27H24Br2FN3O3. The van der Waals surface area contributed by atoms with E-state index in [1.165, 1.54) is 23.9 Å². The molecule has 0 amide bonds. The number of fused-ring (bicyclic) bond motifs is 1. The normalized spacial score (nSPS) is 12.3. The lowest BCUT2D eigenvalue weighted by molar-refractivity contribution is 0.284. The van der Waals surface area contributed by atoms with E-state index in [4.69, 9.17) is 14.5 Å². The summed E-state index contributed by atoms with van der Waals surface area (Å²) in [5.41, 5.74) is 1.77. The molecule has 0 N–H and O–H groups in total. The van der Waals surface area contributed by atoms with Crippen LogP contribution in [0, 0.1) is 5.82 Å². The number of methoxy groups -OCH3 is 1. The number of hydrogen-bond donors (Lipinski definition) is 0. The van der Waals surface area contributed by atoms with Gasteiger partial charge in [-0.1, -0.05) is 41.9 Å². The van der Waals surface area contributed by atoms with Crippen molar-refractivity contribution in [2.45, 2.75) is 32.8 Å². The van der Waals surface area contributed by atoms with E-state index in [0.717, 1.165) is 10.9 Å². The highest BCUT2D eigenvalue weighted by molar-refractivity contribution is 9.10. The third kappa shape index (κ3) is 5.68. The lowest BCUT2D eigenvalue weighted by Gasteiger charge is -2.15.